The topological polar surface area (TPSA) is 68.0 Å². The Balaban J connectivity index is 2.19. The summed E-state index contributed by atoms with van der Waals surface area (Å²) in [6, 6.07) is 9.61. The summed E-state index contributed by atoms with van der Waals surface area (Å²) >= 11 is 11.6. The van der Waals surface area contributed by atoms with Crippen molar-refractivity contribution in [1.29, 1.82) is 0 Å². The first-order chi connectivity index (χ1) is 8.56. The number of hydrogen-bond acceptors (Lipinski definition) is 3. The van der Waals surface area contributed by atoms with Gasteiger partial charge in [0, 0.05) is 5.56 Å². The maximum atomic E-state index is 11.9. The summed E-state index contributed by atoms with van der Waals surface area (Å²) in [4.78, 5) is 15.8. The number of nitrogens with zero attached hydrogens (tertiary/aromatic N) is 1. The summed E-state index contributed by atoms with van der Waals surface area (Å²) in [5, 5.41) is 3.26. The average Bonchev–Trinajstić information content (AvgIpc) is 2.32. The van der Waals surface area contributed by atoms with Gasteiger partial charge in [0.25, 0.3) is 5.91 Å². The van der Waals surface area contributed by atoms with Crippen molar-refractivity contribution in [3.05, 3.63) is 52.1 Å². The Hall–Kier alpha value is -1.78. The van der Waals surface area contributed by atoms with E-state index >= 15 is 0 Å². The van der Waals surface area contributed by atoms with Crippen LogP contribution in [0.3, 0.4) is 0 Å². The molecule has 0 saturated carbocycles. The predicted octanol–water partition coefficient (Wildman–Crippen LogP) is 3.22. The molecule has 18 heavy (non-hydrogen) atoms. The first-order valence-corrected chi connectivity index (χ1v) is 5.81. The number of rotatable bonds is 2. The zero-order chi connectivity index (χ0) is 13.1. The van der Waals surface area contributed by atoms with Crippen molar-refractivity contribution < 1.29 is 4.79 Å². The lowest BCUT2D eigenvalue weighted by Crippen LogP contribution is -2.13. The number of aromatic nitrogens is 1. The van der Waals surface area contributed by atoms with Gasteiger partial charge in [-0.05, 0) is 30.3 Å². The molecule has 1 aromatic carbocycles. The quantitative estimate of drug-likeness (QED) is 0.656. The lowest BCUT2D eigenvalue weighted by molar-refractivity contribution is 0.102. The van der Waals surface area contributed by atoms with E-state index in [0.29, 0.717) is 27.2 Å². The molecule has 0 aliphatic heterocycles. The van der Waals surface area contributed by atoms with Gasteiger partial charge in [-0.2, -0.15) is 0 Å². The number of anilines is 2. The minimum Gasteiger partial charge on any atom is -0.398 e. The van der Waals surface area contributed by atoms with Crippen molar-refractivity contribution in [2.75, 3.05) is 11.1 Å². The van der Waals surface area contributed by atoms with Crippen molar-refractivity contribution in [2.24, 2.45) is 0 Å². The zero-order valence-electron chi connectivity index (χ0n) is 9.15. The Morgan fingerprint density at radius 3 is 2.67 bits per heavy atom. The maximum absolute atomic E-state index is 11.9. The Morgan fingerprint density at radius 1 is 1.22 bits per heavy atom. The van der Waals surface area contributed by atoms with Gasteiger partial charge >= 0.3 is 0 Å². The first-order valence-electron chi connectivity index (χ1n) is 5.05. The Bertz CT molecular complexity index is 602. The minimum absolute atomic E-state index is 0.308. The molecule has 2 rings (SSSR count). The fourth-order valence-electron chi connectivity index (χ4n) is 1.33. The summed E-state index contributed by atoms with van der Waals surface area (Å²) in [6.45, 7) is 0. The van der Waals surface area contributed by atoms with E-state index in [-0.39, 0.29) is 5.91 Å². The predicted molar refractivity (Wildman–Crippen MR) is 73.1 cm³/mol. The van der Waals surface area contributed by atoms with E-state index in [4.69, 9.17) is 28.9 Å². The molecule has 0 radical (unpaired) electrons. The zero-order valence-corrected chi connectivity index (χ0v) is 10.7. The van der Waals surface area contributed by atoms with Crippen molar-refractivity contribution >= 4 is 40.6 Å². The fourth-order valence-corrected chi connectivity index (χ4v) is 1.68. The number of benzene rings is 1. The second-order valence-corrected chi connectivity index (χ2v) is 4.33. The third kappa shape index (κ3) is 2.91. The number of nitrogens with one attached hydrogen (secondary N) is 1. The van der Waals surface area contributed by atoms with Gasteiger partial charge in [-0.1, -0.05) is 29.3 Å². The number of nitrogens with two attached hydrogens (primary N) is 1. The first kappa shape index (κ1) is 12.7. The SMILES string of the molecule is Nc1ccc(C(=O)Nc2cccc(Cl)n2)cc1Cl. The molecule has 1 aromatic heterocycles. The summed E-state index contributed by atoms with van der Waals surface area (Å²) in [5.74, 6) is 0.0483. The molecule has 1 amide bonds. The van der Waals surface area contributed by atoms with Gasteiger partial charge in [-0.25, -0.2) is 4.98 Å². The van der Waals surface area contributed by atoms with E-state index in [9.17, 15) is 4.79 Å². The maximum Gasteiger partial charge on any atom is 0.256 e. The second-order valence-electron chi connectivity index (χ2n) is 3.54. The van der Waals surface area contributed by atoms with Crippen LogP contribution in [-0.2, 0) is 0 Å². The molecule has 0 atom stereocenters. The minimum atomic E-state index is -0.327. The Morgan fingerprint density at radius 2 is 2.00 bits per heavy atom. The highest BCUT2D eigenvalue weighted by Crippen LogP contribution is 2.20. The molecule has 0 bridgehead atoms. The Kier molecular flexibility index (Phi) is 3.69. The van der Waals surface area contributed by atoms with Gasteiger partial charge in [0.15, 0.2) is 0 Å². The van der Waals surface area contributed by atoms with Crippen molar-refractivity contribution in [3.8, 4) is 0 Å². The number of amides is 1. The number of hydrogen-bond donors (Lipinski definition) is 2. The third-order valence-electron chi connectivity index (χ3n) is 2.22. The van der Waals surface area contributed by atoms with Gasteiger partial charge in [0.2, 0.25) is 0 Å². The van der Waals surface area contributed by atoms with Crippen LogP contribution < -0.4 is 11.1 Å². The lowest BCUT2D eigenvalue weighted by atomic mass is 10.2. The lowest BCUT2D eigenvalue weighted by Gasteiger charge is -2.05. The van der Waals surface area contributed by atoms with Gasteiger partial charge in [-0.3, -0.25) is 4.79 Å². The highest BCUT2D eigenvalue weighted by atomic mass is 35.5. The summed E-state index contributed by atoms with van der Waals surface area (Å²) in [6.07, 6.45) is 0. The Labute approximate surface area is 114 Å². The largest absolute Gasteiger partial charge is 0.398 e. The molecule has 1 heterocycles. The number of pyridine rings is 1. The van der Waals surface area contributed by atoms with Crippen LogP contribution in [0, 0.1) is 0 Å². The molecule has 92 valence electrons. The number of halogens is 2. The van der Waals surface area contributed by atoms with Crippen molar-refractivity contribution in [2.45, 2.75) is 0 Å². The van der Waals surface area contributed by atoms with Crippen LogP contribution in [0.25, 0.3) is 0 Å². The van der Waals surface area contributed by atoms with Crippen LogP contribution in [0.1, 0.15) is 10.4 Å². The third-order valence-corrected chi connectivity index (χ3v) is 2.76. The second kappa shape index (κ2) is 5.25. The van der Waals surface area contributed by atoms with Crippen molar-refractivity contribution in [1.82, 2.24) is 4.98 Å². The summed E-state index contributed by atoms with van der Waals surface area (Å²) in [5.41, 5.74) is 6.39. The number of carbonyl (C=O) groups is 1. The number of carbonyl (C=O) groups excluding carboxylic acids is 1. The van der Waals surface area contributed by atoms with Crippen LogP contribution in [0.15, 0.2) is 36.4 Å². The average molecular weight is 282 g/mol. The normalized spacial score (nSPS) is 10.1. The molecule has 4 nitrogen and oxygen atoms in total. The summed E-state index contributed by atoms with van der Waals surface area (Å²) < 4.78 is 0. The molecule has 0 fully saturated rings. The van der Waals surface area contributed by atoms with Gasteiger partial charge in [0.1, 0.15) is 11.0 Å². The molecular weight excluding hydrogens is 273 g/mol. The highest BCUT2D eigenvalue weighted by Gasteiger charge is 2.08. The fraction of sp³-hybridized carbons (Fsp3) is 0. The molecule has 0 saturated heterocycles. The highest BCUT2D eigenvalue weighted by molar-refractivity contribution is 6.33. The van der Waals surface area contributed by atoms with Crippen LogP contribution in [0.5, 0.6) is 0 Å². The molecule has 0 aliphatic carbocycles. The molecule has 0 unspecified atom stereocenters. The smallest absolute Gasteiger partial charge is 0.256 e. The van der Waals surface area contributed by atoms with Crippen LogP contribution in [-0.4, -0.2) is 10.9 Å². The van der Waals surface area contributed by atoms with Crippen LogP contribution in [0.4, 0.5) is 11.5 Å². The van der Waals surface area contributed by atoms with E-state index < -0.39 is 0 Å². The van der Waals surface area contributed by atoms with E-state index in [1.807, 2.05) is 0 Å². The molecule has 2 aromatic rings. The van der Waals surface area contributed by atoms with Crippen molar-refractivity contribution in [3.63, 3.8) is 0 Å². The molecule has 6 heteroatoms. The van der Waals surface area contributed by atoms with E-state index in [2.05, 4.69) is 10.3 Å². The molecule has 3 N–H and O–H groups in total. The van der Waals surface area contributed by atoms with Crippen LogP contribution in [0.2, 0.25) is 10.2 Å². The standard InChI is InChI=1S/C12H9Cl2N3O/c13-8-6-7(4-5-9(8)15)12(18)17-11-3-1-2-10(14)16-11/h1-6H,15H2,(H,16,17,18). The molecule has 0 spiro atoms. The van der Waals surface area contributed by atoms with Gasteiger partial charge < -0.3 is 11.1 Å². The van der Waals surface area contributed by atoms with E-state index in [0.717, 1.165) is 0 Å². The van der Waals surface area contributed by atoms with E-state index in [1.165, 1.54) is 6.07 Å². The van der Waals surface area contributed by atoms with Crippen LogP contribution >= 0.6 is 23.2 Å². The van der Waals surface area contributed by atoms with E-state index in [1.54, 1.807) is 30.3 Å². The number of nitrogen functional groups attached to an aromatic ring is 1. The monoisotopic (exact) mass is 281 g/mol. The molecular formula is C12H9Cl2N3O. The summed E-state index contributed by atoms with van der Waals surface area (Å²) in [7, 11) is 0. The van der Waals surface area contributed by atoms with Gasteiger partial charge in [0.05, 0.1) is 10.7 Å². The van der Waals surface area contributed by atoms with Gasteiger partial charge in [-0.15, -0.1) is 0 Å². The molecule has 0 aliphatic rings.